The Balaban J connectivity index is 2.45. The molecule has 1 aliphatic rings. The van der Waals surface area contributed by atoms with Crippen LogP contribution in [0.1, 0.15) is 26.2 Å². The monoisotopic (exact) mass is 188 g/mol. The maximum Gasteiger partial charge on any atom is 0.250 e. The van der Waals surface area contributed by atoms with Crippen LogP contribution in [0.4, 0.5) is 8.78 Å². The second kappa shape index (κ2) is 4.01. The number of piperidine rings is 1. The smallest absolute Gasteiger partial charge is 0.250 e. The van der Waals surface area contributed by atoms with Crippen LogP contribution in [0, 0.1) is 11.3 Å². The zero-order valence-electron chi connectivity index (χ0n) is 7.76. The summed E-state index contributed by atoms with van der Waals surface area (Å²) in [4.78, 5) is 1.84. The molecule has 1 aliphatic heterocycles. The quantitative estimate of drug-likeness (QED) is 0.663. The molecule has 1 saturated heterocycles. The molecular weight excluding hydrogens is 174 g/mol. The van der Waals surface area contributed by atoms with Gasteiger partial charge in [-0.25, -0.2) is 8.78 Å². The Hall–Kier alpha value is -0.690. The van der Waals surface area contributed by atoms with Crippen molar-refractivity contribution in [3.05, 3.63) is 0 Å². The first kappa shape index (κ1) is 10.4. The van der Waals surface area contributed by atoms with Crippen molar-refractivity contribution in [3.63, 3.8) is 0 Å². The number of halogens is 2. The molecule has 0 saturated carbocycles. The first-order valence-electron chi connectivity index (χ1n) is 4.60. The van der Waals surface area contributed by atoms with Crippen molar-refractivity contribution in [2.45, 2.75) is 38.2 Å². The second-order valence-corrected chi connectivity index (χ2v) is 3.45. The van der Waals surface area contributed by atoms with Crippen LogP contribution in [0.2, 0.25) is 0 Å². The van der Waals surface area contributed by atoms with Gasteiger partial charge < -0.3 is 0 Å². The van der Waals surface area contributed by atoms with Gasteiger partial charge >= 0.3 is 0 Å². The summed E-state index contributed by atoms with van der Waals surface area (Å²) in [6.45, 7) is 2.60. The predicted octanol–water partition coefficient (Wildman–Crippen LogP) is 2.02. The summed E-state index contributed by atoms with van der Waals surface area (Å²) < 4.78 is 25.5. The van der Waals surface area contributed by atoms with E-state index in [0.29, 0.717) is 19.5 Å². The number of likely N-dealkylation sites (tertiary alicyclic amines) is 1. The summed E-state index contributed by atoms with van der Waals surface area (Å²) in [6, 6.07) is 1.95. The maximum atomic E-state index is 12.7. The van der Waals surface area contributed by atoms with Gasteiger partial charge in [0, 0.05) is 25.9 Å². The molecule has 1 atom stereocenters. The number of nitrogens with zero attached hydrogens (tertiary/aromatic N) is 2. The van der Waals surface area contributed by atoms with Gasteiger partial charge in [0.15, 0.2) is 0 Å². The van der Waals surface area contributed by atoms with Gasteiger partial charge in [-0.2, -0.15) is 5.26 Å². The van der Waals surface area contributed by atoms with E-state index >= 15 is 0 Å². The van der Waals surface area contributed by atoms with E-state index in [9.17, 15) is 8.78 Å². The minimum Gasteiger partial charge on any atom is -0.288 e. The van der Waals surface area contributed by atoms with Gasteiger partial charge in [0.2, 0.25) is 0 Å². The number of rotatable bonds is 2. The van der Waals surface area contributed by atoms with Crippen molar-refractivity contribution >= 4 is 0 Å². The van der Waals surface area contributed by atoms with Crippen molar-refractivity contribution in [1.29, 1.82) is 5.26 Å². The van der Waals surface area contributed by atoms with Crippen molar-refractivity contribution in [1.82, 2.24) is 4.90 Å². The molecule has 0 aliphatic carbocycles. The highest BCUT2D eigenvalue weighted by Crippen LogP contribution is 2.28. The van der Waals surface area contributed by atoms with Crippen LogP contribution in [-0.4, -0.2) is 30.0 Å². The molecule has 74 valence electrons. The Labute approximate surface area is 77.1 Å². The largest absolute Gasteiger partial charge is 0.288 e. The first-order valence-corrected chi connectivity index (χ1v) is 4.60. The Kier molecular flexibility index (Phi) is 3.21. The Morgan fingerprint density at radius 2 is 2.00 bits per heavy atom. The Bertz CT molecular complexity index is 200. The summed E-state index contributed by atoms with van der Waals surface area (Å²) in [6.07, 6.45) is 0.498. The van der Waals surface area contributed by atoms with Crippen LogP contribution in [0.3, 0.4) is 0 Å². The lowest BCUT2D eigenvalue weighted by atomic mass is 10.0. The lowest BCUT2D eigenvalue weighted by Gasteiger charge is -2.33. The SMILES string of the molecule is CCC(C#N)N1CCC(F)(F)CC1. The summed E-state index contributed by atoms with van der Waals surface area (Å²) in [5.41, 5.74) is 0. The molecule has 0 bridgehead atoms. The van der Waals surface area contributed by atoms with E-state index in [1.165, 1.54) is 0 Å². The lowest BCUT2D eigenvalue weighted by molar-refractivity contribution is -0.0593. The van der Waals surface area contributed by atoms with Crippen LogP contribution >= 0.6 is 0 Å². The van der Waals surface area contributed by atoms with E-state index in [-0.39, 0.29) is 18.9 Å². The molecule has 0 radical (unpaired) electrons. The number of alkyl halides is 2. The van der Waals surface area contributed by atoms with Crippen LogP contribution in [-0.2, 0) is 0 Å². The Morgan fingerprint density at radius 1 is 1.46 bits per heavy atom. The number of hydrogen-bond donors (Lipinski definition) is 0. The molecule has 0 amide bonds. The van der Waals surface area contributed by atoms with Gasteiger partial charge in [-0.05, 0) is 6.42 Å². The molecule has 0 aromatic heterocycles. The standard InChI is InChI=1S/C9H14F2N2/c1-2-8(7-12)13-5-3-9(10,11)4-6-13/h8H,2-6H2,1H3. The normalized spacial score (nSPS) is 25.1. The van der Waals surface area contributed by atoms with Crippen LogP contribution in [0.15, 0.2) is 0 Å². The van der Waals surface area contributed by atoms with Crippen LogP contribution < -0.4 is 0 Å². The molecule has 4 heteroatoms. The Morgan fingerprint density at radius 3 is 2.38 bits per heavy atom. The highest BCUT2D eigenvalue weighted by Gasteiger charge is 2.35. The van der Waals surface area contributed by atoms with Crippen LogP contribution in [0.25, 0.3) is 0 Å². The molecule has 1 heterocycles. The van der Waals surface area contributed by atoms with E-state index in [4.69, 9.17) is 5.26 Å². The molecule has 2 nitrogen and oxygen atoms in total. The minimum absolute atomic E-state index is 0.106. The maximum absolute atomic E-state index is 12.7. The minimum atomic E-state index is -2.51. The lowest BCUT2D eigenvalue weighted by Crippen LogP contribution is -2.44. The predicted molar refractivity (Wildman–Crippen MR) is 45.4 cm³/mol. The van der Waals surface area contributed by atoms with Gasteiger partial charge in [0.1, 0.15) is 0 Å². The molecule has 0 aromatic carbocycles. The fourth-order valence-electron chi connectivity index (χ4n) is 1.59. The second-order valence-electron chi connectivity index (χ2n) is 3.45. The fourth-order valence-corrected chi connectivity index (χ4v) is 1.59. The number of nitriles is 1. The number of hydrogen-bond acceptors (Lipinski definition) is 2. The average molecular weight is 188 g/mol. The third-order valence-electron chi connectivity index (χ3n) is 2.51. The summed E-state index contributed by atoms with van der Waals surface area (Å²) in [5.74, 6) is -2.51. The molecule has 1 rings (SSSR count). The average Bonchev–Trinajstić information content (AvgIpc) is 2.09. The summed E-state index contributed by atoms with van der Waals surface area (Å²) in [7, 11) is 0. The van der Waals surface area contributed by atoms with Gasteiger partial charge in [-0.15, -0.1) is 0 Å². The third kappa shape index (κ3) is 2.63. The van der Waals surface area contributed by atoms with Crippen molar-refractivity contribution < 1.29 is 8.78 Å². The summed E-state index contributed by atoms with van der Waals surface area (Å²) in [5, 5.41) is 8.73. The molecule has 1 unspecified atom stereocenters. The van der Waals surface area contributed by atoms with Crippen molar-refractivity contribution in [2.75, 3.05) is 13.1 Å². The van der Waals surface area contributed by atoms with Gasteiger partial charge in [0.25, 0.3) is 5.92 Å². The highest BCUT2D eigenvalue weighted by molar-refractivity contribution is 4.93. The van der Waals surface area contributed by atoms with E-state index in [0.717, 1.165) is 0 Å². The molecule has 0 spiro atoms. The van der Waals surface area contributed by atoms with Crippen LogP contribution in [0.5, 0.6) is 0 Å². The zero-order valence-corrected chi connectivity index (χ0v) is 7.76. The molecular formula is C9H14F2N2. The topological polar surface area (TPSA) is 27.0 Å². The molecule has 0 aromatic rings. The van der Waals surface area contributed by atoms with Crippen molar-refractivity contribution in [3.8, 4) is 6.07 Å². The summed E-state index contributed by atoms with van der Waals surface area (Å²) >= 11 is 0. The third-order valence-corrected chi connectivity index (χ3v) is 2.51. The molecule has 13 heavy (non-hydrogen) atoms. The first-order chi connectivity index (χ1) is 6.09. The van der Waals surface area contributed by atoms with E-state index in [2.05, 4.69) is 6.07 Å². The fraction of sp³-hybridized carbons (Fsp3) is 0.889. The van der Waals surface area contributed by atoms with E-state index < -0.39 is 5.92 Å². The van der Waals surface area contributed by atoms with E-state index in [1.54, 1.807) is 0 Å². The van der Waals surface area contributed by atoms with Gasteiger partial charge in [0.05, 0.1) is 12.1 Å². The van der Waals surface area contributed by atoms with E-state index in [1.807, 2.05) is 11.8 Å². The highest BCUT2D eigenvalue weighted by atomic mass is 19.3. The molecule has 1 fully saturated rings. The molecule has 0 N–H and O–H groups in total. The zero-order chi connectivity index (χ0) is 9.90. The van der Waals surface area contributed by atoms with Gasteiger partial charge in [-0.3, -0.25) is 4.90 Å². The van der Waals surface area contributed by atoms with Crippen molar-refractivity contribution in [2.24, 2.45) is 0 Å². The van der Waals surface area contributed by atoms with Gasteiger partial charge in [-0.1, -0.05) is 6.92 Å².